The number of anilines is 1. The van der Waals surface area contributed by atoms with Crippen molar-refractivity contribution in [3.8, 4) is 0 Å². The van der Waals surface area contributed by atoms with Gasteiger partial charge in [0, 0.05) is 13.1 Å². The Morgan fingerprint density at radius 1 is 1.14 bits per heavy atom. The van der Waals surface area contributed by atoms with Crippen LogP contribution in [0.1, 0.15) is 27.2 Å². The minimum Gasteiger partial charge on any atom is -0.478 e. The van der Waals surface area contributed by atoms with Crippen molar-refractivity contribution in [1.29, 1.82) is 0 Å². The number of hydrogen-bond acceptors (Lipinski definition) is 3. The molecule has 1 aliphatic heterocycles. The van der Waals surface area contributed by atoms with Gasteiger partial charge in [-0.1, -0.05) is 18.2 Å². The lowest BCUT2D eigenvalue weighted by molar-refractivity contribution is -0.141. The molecule has 22 heavy (non-hydrogen) atoms. The molecule has 7 heteroatoms. The second-order valence-electron chi connectivity index (χ2n) is 4.98. The van der Waals surface area contributed by atoms with Crippen molar-refractivity contribution >= 4 is 11.8 Å². The summed E-state index contributed by atoms with van der Waals surface area (Å²) in [6.45, 7) is 0.566. The van der Waals surface area contributed by atoms with E-state index in [4.69, 9.17) is 0 Å². The van der Waals surface area contributed by atoms with E-state index in [1.807, 2.05) is 0 Å². The normalized spacial score (nSPS) is 14.0. The highest BCUT2D eigenvalue weighted by molar-refractivity contribution is 5.90. The van der Waals surface area contributed by atoms with Gasteiger partial charge in [-0.15, -0.1) is 0 Å². The average Bonchev–Trinajstić information content (AvgIpc) is 2.90. The Morgan fingerprint density at radius 3 is 2.55 bits per heavy atom. The van der Waals surface area contributed by atoms with E-state index in [9.17, 15) is 23.1 Å². The van der Waals surface area contributed by atoms with E-state index in [1.165, 1.54) is 18.2 Å². The van der Waals surface area contributed by atoms with E-state index in [0.717, 1.165) is 11.6 Å². The Kier molecular flexibility index (Phi) is 3.27. The van der Waals surface area contributed by atoms with Gasteiger partial charge < -0.3 is 10.0 Å². The maximum Gasteiger partial charge on any atom is 0.433 e. The van der Waals surface area contributed by atoms with Crippen molar-refractivity contribution in [2.75, 3.05) is 4.90 Å². The average molecular weight is 308 g/mol. The number of pyridine rings is 1. The fourth-order valence-electron chi connectivity index (χ4n) is 2.54. The molecule has 0 unspecified atom stereocenters. The Morgan fingerprint density at radius 2 is 1.86 bits per heavy atom. The van der Waals surface area contributed by atoms with Crippen LogP contribution in [-0.4, -0.2) is 16.1 Å². The van der Waals surface area contributed by atoms with Crippen LogP contribution in [0.25, 0.3) is 0 Å². The van der Waals surface area contributed by atoms with Gasteiger partial charge in [0.1, 0.15) is 11.5 Å². The number of fused-ring (bicyclic) bond motifs is 1. The number of aromatic carboxylic acids is 1. The van der Waals surface area contributed by atoms with Crippen LogP contribution in [0.2, 0.25) is 0 Å². The zero-order valence-electron chi connectivity index (χ0n) is 11.3. The first-order valence-corrected chi connectivity index (χ1v) is 6.49. The molecule has 0 aliphatic carbocycles. The molecule has 4 nitrogen and oxygen atoms in total. The molecule has 0 bridgehead atoms. The van der Waals surface area contributed by atoms with Gasteiger partial charge in [-0.05, 0) is 29.3 Å². The minimum atomic E-state index is -4.51. The predicted molar refractivity (Wildman–Crippen MR) is 72.5 cm³/mol. The molecule has 0 saturated carbocycles. The molecule has 0 saturated heterocycles. The van der Waals surface area contributed by atoms with Crippen molar-refractivity contribution in [2.24, 2.45) is 0 Å². The molecule has 1 N–H and O–H groups in total. The number of carboxylic acids is 1. The van der Waals surface area contributed by atoms with E-state index >= 15 is 0 Å². The standard InChI is InChI=1S/C15H11F3N2O2/c16-15(17,18)12-5-2-6-13(19-12)20-7-9-3-1-4-10(14(21)22)11(9)8-20/h1-6H,7-8H2,(H,21,22). The first-order chi connectivity index (χ1) is 10.4. The molecular weight excluding hydrogens is 297 g/mol. The largest absolute Gasteiger partial charge is 0.478 e. The summed E-state index contributed by atoms with van der Waals surface area (Å²) in [7, 11) is 0. The molecule has 0 fully saturated rings. The fraction of sp³-hybridized carbons (Fsp3) is 0.200. The molecule has 114 valence electrons. The van der Waals surface area contributed by atoms with Crippen molar-refractivity contribution in [3.05, 3.63) is 58.8 Å². The number of halogens is 3. The van der Waals surface area contributed by atoms with Crippen LogP contribution < -0.4 is 4.90 Å². The highest BCUT2D eigenvalue weighted by Crippen LogP contribution is 2.32. The SMILES string of the molecule is O=C(O)c1cccc2c1CN(c1cccc(C(F)(F)F)n1)C2. The monoisotopic (exact) mass is 308 g/mol. The molecule has 0 amide bonds. The van der Waals surface area contributed by atoms with Crippen LogP contribution in [0.5, 0.6) is 0 Å². The zero-order chi connectivity index (χ0) is 15.9. The molecule has 2 heterocycles. The third-order valence-corrected chi connectivity index (χ3v) is 3.56. The summed E-state index contributed by atoms with van der Waals surface area (Å²) in [6.07, 6.45) is -4.51. The molecular formula is C15H11F3N2O2. The number of rotatable bonds is 2. The van der Waals surface area contributed by atoms with E-state index < -0.39 is 17.8 Å². The van der Waals surface area contributed by atoms with E-state index in [0.29, 0.717) is 12.1 Å². The molecule has 0 spiro atoms. The van der Waals surface area contributed by atoms with Crippen molar-refractivity contribution in [1.82, 2.24) is 4.98 Å². The van der Waals surface area contributed by atoms with Gasteiger partial charge in [0.25, 0.3) is 0 Å². The third-order valence-electron chi connectivity index (χ3n) is 3.56. The Balaban J connectivity index is 1.94. The number of carbonyl (C=O) groups is 1. The smallest absolute Gasteiger partial charge is 0.433 e. The predicted octanol–water partition coefficient (Wildman–Crippen LogP) is 3.32. The van der Waals surface area contributed by atoms with Gasteiger partial charge in [0.15, 0.2) is 0 Å². The van der Waals surface area contributed by atoms with Gasteiger partial charge in [-0.25, -0.2) is 9.78 Å². The van der Waals surface area contributed by atoms with E-state index in [2.05, 4.69) is 4.98 Å². The maximum absolute atomic E-state index is 12.7. The van der Waals surface area contributed by atoms with Crippen LogP contribution in [0, 0.1) is 0 Å². The van der Waals surface area contributed by atoms with Crippen LogP contribution in [0.15, 0.2) is 36.4 Å². The fourth-order valence-corrected chi connectivity index (χ4v) is 2.54. The van der Waals surface area contributed by atoms with Gasteiger partial charge in [0.05, 0.1) is 5.56 Å². The van der Waals surface area contributed by atoms with Crippen LogP contribution in [0.4, 0.5) is 19.0 Å². The van der Waals surface area contributed by atoms with Crippen molar-refractivity contribution < 1.29 is 23.1 Å². The second kappa shape index (κ2) is 5.01. The van der Waals surface area contributed by atoms with Gasteiger partial charge >= 0.3 is 12.1 Å². The number of benzene rings is 1. The minimum absolute atomic E-state index is 0.173. The zero-order valence-corrected chi connectivity index (χ0v) is 11.3. The first-order valence-electron chi connectivity index (χ1n) is 6.49. The number of hydrogen-bond donors (Lipinski definition) is 1. The Bertz CT molecular complexity index is 744. The molecule has 2 aromatic rings. The lowest BCUT2D eigenvalue weighted by Crippen LogP contribution is -2.18. The summed E-state index contributed by atoms with van der Waals surface area (Å²) in [6, 6.07) is 8.59. The molecule has 1 aromatic carbocycles. The lowest BCUT2D eigenvalue weighted by Gasteiger charge is -2.18. The van der Waals surface area contributed by atoms with E-state index in [1.54, 1.807) is 17.0 Å². The van der Waals surface area contributed by atoms with Crippen molar-refractivity contribution in [2.45, 2.75) is 19.3 Å². The lowest BCUT2D eigenvalue weighted by atomic mass is 10.0. The topological polar surface area (TPSA) is 53.4 Å². The summed E-state index contributed by atoms with van der Waals surface area (Å²) in [5.41, 5.74) is 0.625. The first kappa shape index (κ1) is 14.4. The third kappa shape index (κ3) is 2.49. The molecule has 0 radical (unpaired) electrons. The molecule has 3 rings (SSSR count). The van der Waals surface area contributed by atoms with Crippen LogP contribution in [0.3, 0.4) is 0 Å². The van der Waals surface area contributed by atoms with Crippen LogP contribution >= 0.6 is 0 Å². The number of aromatic nitrogens is 1. The summed E-state index contributed by atoms with van der Waals surface area (Å²) in [5, 5.41) is 9.17. The quantitative estimate of drug-likeness (QED) is 0.924. The summed E-state index contributed by atoms with van der Waals surface area (Å²) < 4.78 is 38.2. The maximum atomic E-state index is 12.7. The van der Waals surface area contributed by atoms with Gasteiger partial charge in [-0.3, -0.25) is 0 Å². The van der Waals surface area contributed by atoms with Gasteiger partial charge in [0.2, 0.25) is 0 Å². The molecule has 0 atom stereocenters. The Hall–Kier alpha value is -2.57. The molecule has 1 aliphatic rings. The summed E-state index contributed by atoms with van der Waals surface area (Å²) in [4.78, 5) is 16.5. The summed E-state index contributed by atoms with van der Waals surface area (Å²) in [5.74, 6) is -0.863. The number of nitrogens with zero attached hydrogens (tertiary/aromatic N) is 2. The number of carboxylic acid groups (broad SMARTS) is 1. The van der Waals surface area contributed by atoms with Gasteiger partial charge in [-0.2, -0.15) is 13.2 Å². The second-order valence-corrected chi connectivity index (χ2v) is 4.98. The van der Waals surface area contributed by atoms with Crippen LogP contribution in [-0.2, 0) is 19.3 Å². The highest BCUT2D eigenvalue weighted by atomic mass is 19.4. The van der Waals surface area contributed by atoms with E-state index in [-0.39, 0.29) is 17.9 Å². The summed E-state index contributed by atoms with van der Waals surface area (Å²) >= 11 is 0. The molecule has 1 aromatic heterocycles. The van der Waals surface area contributed by atoms with Crippen molar-refractivity contribution in [3.63, 3.8) is 0 Å². The number of alkyl halides is 3. The Labute approximate surface area is 123 Å². The highest BCUT2D eigenvalue weighted by Gasteiger charge is 2.33.